The van der Waals surface area contributed by atoms with Gasteiger partial charge in [-0.05, 0) is 23.8 Å². The second-order valence-electron chi connectivity index (χ2n) is 7.25. The third-order valence-electron chi connectivity index (χ3n) is 4.99. The second-order valence-corrected chi connectivity index (χ2v) is 8.11. The minimum Gasteiger partial charge on any atom is -0.463 e. The van der Waals surface area contributed by atoms with E-state index in [9.17, 15) is 9.59 Å². The van der Waals surface area contributed by atoms with Gasteiger partial charge in [0.05, 0.1) is 23.7 Å². The molecule has 4 aromatic rings. The fourth-order valence-corrected chi connectivity index (χ4v) is 3.98. The number of benzene rings is 2. The standard InChI is InChI=1S/C24H20N4O3S/c1-28(12-4-11-25)23(30)17-9-7-16(8-10-17)13-18-15-32-24(26-18)27-22(29)20-14-31-21-6-3-2-5-19(20)21/h2-3,5-10,14-15H,4,12-13H2,1H3,(H,26,27,29). The van der Waals surface area contributed by atoms with Gasteiger partial charge < -0.3 is 9.32 Å². The number of amides is 2. The molecule has 2 amide bonds. The lowest BCUT2D eigenvalue weighted by molar-refractivity contribution is 0.0797. The van der Waals surface area contributed by atoms with E-state index < -0.39 is 0 Å². The van der Waals surface area contributed by atoms with E-state index in [2.05, 4.69) is 10.3 Å². The first-order valence-corrected chi connectivity index (χ1v) is 10.9. The number of thiazole rings is 1. The van der Waals surface area contributed by atoms with E-state index in [0.717, 1.165) is 16.6 Å². The van der Waals surface area contributed by atoms with Crippen LogP contribution in [0.4, 0.5) is 5.13 Å². The molecule has 4 rings (SSSR count). The summed E-state index contributed by atoms with van der Waals surface area (Å²) in [5, 5.41) is 14.7. The molecule has 8 heteroatoms. The molecule has 0 unspecified atom stereocenters. The fourth-order valence-electron chi connectivity index (χ4n) is 3.28. The summed E-state index contributed by atoms with van der Waals surface area (Å²) in [4.78, 5) is 31.0. The highest BCUT2D eigenvalue weighted by Crippen LogP contribution is 2.24. The molecule has 0 saturated carbocycles. The normalized spacial score (nSPS) is 10.6. The molecular formula is C24H20N4O3S. The molecule has 0 saturated heterocycles. The van der Waals surface area contributed by atoms with Gasteiger partial charge in [-0.2, -0.15) is 5.26 Å². The zero-order chi connectivity index (χ0) is 22.5. The Labute approximate surface area is 188 Å². The first-order chi connectivity index (χ1) is 15.5. The van der Waals surface area contributed by atoms with Crippen molar-refractivity contribution in [1.82, 2.24) is 9.88 Å². The molecule has 0 atom stereocenters. The number of furan rings is 1. The summed E-state index contributed by atoms with van der Waals surface area (Å²) in [5.41, 5.74) is 3.54. The minimum atomic E-state index is -0.265. The number of carbonyl (C=O) groups is 2. The third-order valence-corrected chi connectivity index (χ3v) is 5.80. The number of hydrogen-bond donors (Lipinski definition) is 1. The largest absolute Gasteiger partial charge is 0.463 e. The summed E-state index contributed by atoms with van der Waals surface area (Å²) in [6, 6.07) is 16.8. The molecule has 0 radical (unpaired) electrons. The van der Waals surface area contributed by atoms with Gasteiger partial charge in [-0.15, -0.1) is 11.3 Å². The third kappa shape index (κ3) is 4.68. The van der Waals surface area contributed by atoms with E-state index in [4.69, 9.17) is 9.68 Å². The summed E-state index contributed by atoms with van der Waals surface area (Å²) in [6.07, 6.45) is 2.34. The van der Waals surface area contributed by atoms with Crippen molar-refractivity contribution in [3.8, 4) is 6.07 Å². The lowest BCUT2D eigenvalue weighted by Gasteiger charge is -2.15. The van der Waals surface area contributed by atoms with Crippen molar-refractivity contribution >= 4 is 39.3 Å². The van der Waals surface area contributed by atoms with Gasteiger partial charge >= 0.3 is 0 Å². The van der Waals surface area contributed by atoms with Crippen LogP contribution in [0.15, 0.2) is 64.6 Å². The van der Waals surface area contributed by atoms with E-state index in [1.54, 1.807) is 19.2 Å². The zero-order valence-electron chi connectivity index (χ0n) is 17.4. The fraction of sp³-hybridized carbons (Fsp3) is 0.167. The Balaban J connectivity index is 1.38. The van der Waals surface area contributed by atoms with Crippen LogP contribution in [0, 0.1) is 11.3 Å². The molecule has 0 aliphatic carbocycles. The van der Waals surface area contributed by atoms with Crippen LogP contribution in [0.1, 0.15) is 38.4 Å². The van der Waals surface area contributed by atoms with Gasteiger partial charge in [-0.1, -0.05) is 30.3 Å². The van der Waals surface area contributed by atoms with Gasteiger partial charge in [0.15, 0.2) is 5.13 Å². The minimum absolute atomic E-state index is 0.114. The summed E-state index contributed by atoms with van der Waals surface area (Å²) in [5.74, 6) is -0.378. The van der Waals surface area contributed by atoms with Gasteiger partial charge in [0.1, 0.15) is 11.8 Å². The molecule has 2 aromatic carbocycles. The van der Waals surface area contributed by atoms with Crippen molar-refractivity contribution in [2.75, 3.05) is 18.9 Å². The van der Waals surface area contributed by atoms with Gasteiger partial charge in [0.2, 0.25) is 0 Å². The van der Waals surface area contributed by atoms with Crippen molar-refractivity contribution in [2.45, 2.75) is 12.8 Å². The van der Waals surface area contributed by atoms with Crippen molar-refractivity contribution < 1.29 is 14.0 Å². The van der Waals surface area contributed by atoms with Crippen LogP contribution in [0.2, 0.25) is 0 Å². The molecule has 7 nitrogen and oxygen atoms in total. The number of rotatable bonds is 7. The number of hydrogen-bond acceptors (Lipinski definition) is 6. The number of para-hydroxylation sites is 1. The maximum atomic E-state index is 12.6. The average Bonchev–Trinajstić information content (AvgIpc) is 3.44. The van der Waals surface area contributed by atoms with Crippen molar-refractivity contribution in [3.63, 3.8) is 0 Å². The first-order valence-electron chi connectivity index (χ1n) is 9.98. The highest BCUT2D eigenvalue weighted by Gasteiger charge is 2.15. The number of aromatic nitrogens is 1. The van der Waals surface area contributed by atoms with E-state index in [1.807, 2.05) is 47.8 Å². The van der Waals surface area contributed by atoms with E-state index in [0.29, 0.717) is 41.2 Å². The quantitative estimate of drug-likeness (QED) is 0.445. The van der Waals surface area contributed by atoms with E-state index >= 15 is 0 Å². The Morgan fingerprint density at radius 2 is 1.97 bits per heavy atom. The van der Waals surface area contributed by atoms with Crippen LogP contribution in [0.3, 0.4) is 0 Å². The molecule has 32 heavy (non-hydrogen) atoms. The molecule has 1 N–H and O–H groups in total. The first kappa shape index (κ1) is 21.3. The number of nitrogens with zero attached hydrogens (tertiary/aromatic N) is 3. The number of nitriles is 1. The zero-order valence-corrected chi connectivity index (χ0v) is 18.2. The maximum Gasteiger partial charge on any atom is 0.261 e. The molecule has 0 fully saturated rings. The molecule has 0 spiro atoms. The predicted molar refractivity (Wildman–Crippen MR) is 123 cm³/mol. The SMILES string of the molecule is CN(CCC#N)C(=O)c1ccc(Cc2csc(NC(=O)c3coc4ccccc34)n2)cc1. The summed E-state index contributed by atoms with van der Waals surface area (Å²) in [7, 11) is 1.69. The lowest BCUT2D eigenvalue weighted by atomic mass is 10.1. The van der Waals surface area contributed by atoms with Crippen LogP contribution in [0.5, 0.6) is 0 Å². The number of carbonyl (C=O) groups excluding carboxylic acids is 2. The van der Waals surface area contributed by atoms with Gasteiger partial charge in [-0.25, -0.2) is 4.98 Å². The lowest BCUT2D eigenvalue weighted by Crippen LogP contribution is -2.27. The smallest absolute Gasteiger partial charge is 0.261 e. The van der Waals surface area contributed by atoms with Crippen LogP contribution in [-0.2, 0) is 6.42 Å². The van der Waals surface area contributed by atoms with Crippen LogP contribution in [0.25, 0.3) is 11.0 Å². The number of fused-ring (bicyclic) bond motifs is 1. The van der Waals surface area contributed by atoms with Crippen LogP contribution >= 0.6 is 11.3 Å². The molecule has 0 aliphatic rings. The molecule has 0 aliphatic heterocycles. The molecule has 2 aromatic heterocycles. The van der Waals surface area contributed by atoms with Crippen molar-refractivity contribution in [1.29, 1.82) is 5.26 Å². The van der Waals surface area contributed by atoms with E-state index in [1.165, 1.54) is 22.5 Å². The van der Waals surface area contributed by atoms with Gasteiger partial charge in [-0.3, -0.25) is 14.9 Å². The van der Waals surface area contributed by atoms with Crippen molar-refractivity contribution in [2.24, 2.45) is 0 Å². The monoisotopic (exact) mass is 444 g/mol. The predicted octanol–water partition coefficient (Wildman–Crippen LogP) is 4.72. The highest BCUT2D eigenvalue weighted by molar-refractivity contribution is 7.14. The van der Waals surface area contributed by atoms with Gasteiger partial charge in [0, 0.05) is 36.3 Å². The summed E-state index contributed by atoms with van der Waals surface area (Å²) >= 11 is 1.36. The molecular weight excluding hydrogens is 424 g/mol. The Bertz CT molecular complexity index is 1300. The van der Waals surface area contributed by atoms with Crippen LogP contribution < -0.4 is 5.32 Å². The Kier molecular flexibility index (Phi) is 6.29. The van der Waals surface area contributed by atoms with Crippen LogP contribution in [-0.4, -0.2) is 35.3 Å². The summed E-state index contributed by atoms with van der Waals surface area (Å²) < 4.78 is 5.43. The second kappa shape index (κ2) is 9.45. The number of nitrogens with one attached hydrogen (secondary N) is 1. The maximum absolute atomic E-state index is 12.6. The molecule has 0 bridgehead atoms. The van der Waals surface area contributed by atoms with Crippen molar-refractivity contribution in [3.05, 3.63) is 82.6 Å². The Morgan fingerprint density at radius 1 is 1.19 bits per heavy atom. The number of anilines is 1. The Hall–Kier alpha value is -3.96. The average molecular weight is 445 g/mol. The molecule has 160 valence electrons. The topological polar surface area (TPSA) is 99.2 Å². The molecule has 2 heterocycles. The van der Waals surface area contributed by atoms with Gasteiger partial charge in [0.25, 0.3) is 11.8 Å². The Morgan fingerprint density at radius 3 is 2.75 bits per heavy atom. The summed E-state index contributed by atoms with van der Waals surface area (Å²) in [6.45, 7) is 0.402. The highest BCUT2D eigenvalue weighted by atomic mass is 32.1. The van der Waals surface area contributed by atoms with E-state index in [-0.39, 0.29) is 11.8 Å².